The van der Waals surface area contributed by atoms with E-state index in [0.29, 0.717) is 12.1 Å². The van der Waals surface area contributed by atoms with Crippen LogP contribution in [0.5, 0.6) is 0 Å². The Labute approximate surface area is 117 Å². The van der Waals surface area contributed by atoms with E-state index < -0.39 is 38.3 Å². The van der Waals surface area contributed by atoms with Gasteiger partial charge in [-0.1, -0.05) is 6.07 Å². The normalized spacial score (nSPS) is 12.2. The summed E-state index contributed by atoms with van der Waals surface area (Å²) in [6.07, 6.45) is -3.80. The quantitative estimate of drug-likeness (QED) is 0.884. The maximum atomic E-state index is 13.0. The molecule has 2 rings (SSSR count). The van der Waals surface area contributed by atoms with Crippen LogP contribution in [0.3, 0.4) is 0 Å². The fraction of sp³-hybridized carbons (Fsp3) is 0.0833. The Kier molecular flexibility index (Phi) is 3.86. The minimum Gasteiger partial charge on any atom is -0.263 e. The highest BCUT2D eigenvalue weighted by Gasteiger charge is 2.31. The monoisotopic (exact) mass is 320 g/mol. The van der Waals surface area contributed by atoms with Gasteiger partial charge < -0.3 is 0 Å². The zero-order valence-electron chi connectivity index (χ0n) is 10.2. The van der Waals surface area contributed by atoms with E-state index in [2.05, 4.69) is 4.98 Å². The molecule has 1 heterocycles. The highest BCUT2D eigenvalue weighted by molar-refractivity contribution is 7.92. The van der Waals surface area contributed by atoms with E-state index in [-0.39, 0.29) is 0 Å². The summed E-state index contributed by atoms with van der Waals surface area (Å²) in [5.41, 5.74) is -1.05. The molecule has 21 heavy (non-hydrogen) atoms. The van der Waals surface area contributed by atoms with Gasteiger partial charge >= 0.3 is 6.18 Å². The van der Waals surface area contributed by atoms with Crippen LogP contribution in [0.1, 0.15) is 5.56 Å². The predicted octanol–water partition coefficient (Wildman–Crippen LogP) is 3.04. The van der Waals surface area contributed by atoms with Gasteiger partial charge in [-0.05, 0) is 30.3 Å². The first-order valence-electron chi connectivity index (χ1n) is 5.50. The van der Waals surface area contributed by atoms with E-state index in [1.165, 1.54) is 6.07 Å². The van der Waals surface area contributed by atoms with Gasteiger partial charge in [-0.15, -0.1) is 0 Å². The molecule has 2 aromatic rings. The largest absolute Gasteiger partial charge is 0.416 e. The molecule has 0 bridgehead atoms. The third kappa shape index (κ3) is 3.69. The molecular formula is C12H8F4N2O2S. The highest BCUT2D eigenvalue weighted by atomic mass is 32.2. The first kappa shape index (κ1) is 15.2. The molecule has 0 aliphatic rings. The molecule has 0 unspecified atom stereocenters. The number of pyridine rings is 1. The smallest absolute Gasteiger partial charge is 0.263 e. The van der Waals surface area contributed by atoms with Crippen molar-refractivity contribution in [2.45, 2.75) is 11.1 Å². The van der Waals surface area contributed by atoms with Gasteiger partial charge in [-0.3, -0.25) is 4.72 Å². The first-order valence-corrected chi connectivity index (χ1v) is 6.98. The summed E-state index contributed by atoms with van der Waals surface area (Å²) in [6.45, 7) is 0. The molecule has 112 valence electrons. The Morgan fingerprint density at radius 2 is 1.81 bits per heavy atom. The molecule has 0 aliphatic carbocycles. The number of nitrogens with zero attached hydrogens (tertiary/aromatic N) is 1. The Hall–Kier alpha value is -2.16. The Balaban J connectivity index is 2.33. The van der Waals surface area contributed by atoms with Crippen LogP contribution >= 0.6 is 0 Å². The van der Waals surface area contributed by atoms with Crippen LogP contribution in [-0.4, -0.2) is 13.4 Å². The molecule has 9 heteroatoms. The second-order valence-electron chi connectivity index (χ2n) is 3.99. The third-order valence-electron chi connectivity index (χ3n) is 2.43. The zero-order valence-corrected chi connectivity index (χ0v) is 11.0. The summed E-state index contributed by atoms with van der Waals surface area (Å²) >= 11 is 0. The molecule has 0 saturated heterocycles. The number of anilines is 1. The molecule has 0 fully saturated rings. The van der Waals surface area contributed by atoms with Gasteiger partial charge in [0.05, 0.1) is 10.5 Å². The second kappa shape index (κ2) is 5.32. The number of aromatic nitrogens is 1. The molecule has 0 atom stereocenters. The first-order chi connectivity index (χ1) is 9.68. The molecular weight excluding hydrogens is 312 g/mol. The van der Waals surface area contributed by atoms with Crippen LogP contribution in [0.25, 0.3) is 0 Å². The molecule has 1 aromatic heterocycles. The van der Waals surface area contributed by atoms with Crippen molar-refractivity contribution < 1.29 is 26.0 Å². The average Bonchev–Trinajstić information content (AvgIpc) is 2.37. The van der Waals surface area contributed by atoms with Crippen molar-refractivity contribution in [3.63, 3.8) is 0 Å². The topological polar surface area (TPSA) is 59.1 Å². The summed E-state index contributed by atoms with van der Waals surface area (Å²) in [5, 5.41) is 0. The predicted molar refractivity (Wildman–Crippen MR) is 66.4 cm³/mol. The number of rotatable bonds is 3. The number of hydrogen-bond acceptors (Lipinski definition) is 3. The number of hydrogen-bond donors (Lipinski definition) is 1. The van der Waals surface area contributed by atoms with Crippen molar-refractivity contribution in [1.82, 2.24) is 4.98 Å². The fourth-order valence-corrected chi connectivity index (χ4v) is 2.52. The summed E-state index contributed by atoms with van der Waals surface area (Å²) in [4.78, 5) is 3.09. The fourth-order valence-electron chi connectivity index (χ4n) is 1.49. The summed E-state index contributed by atoms with van der Waals surface area (Å²) in [6, 6.07) is 5.33. The average molecular weight is 320 g/mol. The number of benzene rings is 1. The lowest BCUT2D eigenvalue weighted by molar-refractivity contribution is -0.137. The highest BCUT2D eigenvalue weighted by Crippen LogP contribution is 2.30. The van der Waals surface area contributed by atoms with Gasteiger partial charge in [0, 0.05) is 6.20 Å². The van der Waals surface area contributed by atoms with Crippen LogP contribution in [0, 0.1) is 5.82 Å². The van der Waals surface area contributed by atoms with E-state index in [9.17, 15) is 26.0 Å². The molecule has 4 nitrogen and oxygen atoms in total. The SMILES string of the molecule is O=S(=O)(Nc1cc(C(F)(F)F)ccn1)c1cccc(F)c1. The zero-order chi connectivity index (χ0) is 15.7. The standard InChI is InChI=1S/C12H8F4N2O2S/c13-9-2-1-3-10(7-9)21(19,20)18-11-6-8(4-5-17-11)12(14,15)16/h1-7H,(H,17,18). The number of halogens is 4. The van der Waals surface area contributed by atoms with E-state index >= 15 is 0 Å². The minimum absolute atomic E-state index is 0.415. The van der Waals surface area contributed by atoms with Crippen LogP contribution in [0.15, 0.2) is 47.5 Å². The number of alkyl halides is 3. The molecule has 0 saturated carbocycles. The van der Waals surface area contributed by atoms with Gasteiger partial charge in [0.1, 0.15) is 11.6 Å². The Morgan fingerprint density at radius 3 is 2.43 bits per heavy atom. The maximum Gasteiger partial charge on any atom is 0.416 e. The van der Waals surface area contributed by atoms with E-state index in [1.54, 1.807) is 0 Å². The van der Waals surface area contributed by atoms with Crippen molar-refractivity contribution in [3.05, 3.63) is 54.0 Å². The van der Waals surface area contributed by atoms with Crippen molar-refractivity contribution >= 4 is 15.8 Å². The van der Waals surface area contributed by atoms with Crippen LogP contribution < -0.4 is 4.72 Å². The molecule has 0 spiro atoms. The third-order valence-corrected chi connectivity index (χ3v) is 3.78. The van der Waals surface area contributed by atoms with Crippen molar-refractivity contribution in [1.29, 1.82) is 0 Å². The van der Waals surface area contributed by atoms with Crippen molar-refractivity contribution in [3.8, 4) is 0 Å². The summed E-state index contributed by atoms with van der Waals surface area (Å²) in [5.74, 6) is -1.29. The maximum absolute atomic E-state index is 13.0. The van der Waals surface area contributed by atoms with E-state index in [0.717, 1.165) is 24.4 Å². The second-order valence-corrected chi connectivity index (χ2v) is 5.67. The summed E-state index contributed by atoms with van der Waals surface area (Å²) < 4.78 is 76.3. The summed E-state index contributed by atoms with van der Waals surface area (Å²) in [7, 11) is -4.22. The minimum atomic E-state index is -4.62. The van der Waals surface area contributed by atoms with Crippen LogP contribution in [0.4, 0.5) is 23.4 Å². The van der Waals surface area contributed by atoms with Crippen molar-refractivity contribution in [2.75, 3.05) is 4.72 Å². The van der Waals surface area contributed by atoms with Gasteiger partial charge in [-0.25, -0.2) is 17.8 Å². The number of sulfonamides is 1. The molecule has 1 aromatic carbocycles. The van der Waals surface area contributed by atoms with E-state index in [4.69, 9.17) is 0 Å². The molecule has 0 radical (unpaired) electrons. The lowest BCUT2D eigenvalue weighted by Gasteiger charge is -2.10. The van der Waals surface area contributed by atoms with Crippen LogP contribution in [-0.2, 0) is 16.2 Å². The van der Waals surface area contributed by atoms with Gasteiger partial charge in [0.25, 0.3) is 10.0 Å². The lowest BCUT2D eigenvalue weighted by atomic mass is 10.2. The Bertz CT molecular complexity index is 760. The lowest BCUT2D eigenvalue weighted by Crippen LogP contribution is -2.15. The molecule has 0 amide bonds. The Morgan fingerprint density at radius 1 is 1.10 bits per heavy atom. The van der Waals surface area contributed by atoms with Crippen molar-refractivity contribution in [2.24, 2.45) is 0 Å². The molecule has 1 N–H and O–H groups in total. The van der Waals surface area contributed by atoms with Gasteiger partial charge in [0.2, 0.25) is 0 Å². The van der Waals surface area contributed by atoms with Gasteiger partial charge in [-0.2, -0.15) is 13.2 Å². The van der Waals surface area contributed by atoms with Gasteiger partial charge in [0.15, 0.2) is 0 Å². The van der Waals surface area contributed by atoms with Crippen LogP contribution in [0.2, 0.25) is 0 Å². The van der Waals surface area contributed by atoms with E-state index in [1.807, 2.05) is 4.72 Å². The molecule has 0 aliphatic heterocycles. The number of nitrogens with one attached hydrogen (secondary N) is 1.